The Bertz CT molecular complexity index is 1520. The second kappa shape index (κ2) is 9.72. The van der Waals surface area contributed by atoms with E-state index in [1.165, 1.54) is 18.5 Å². The normalized spacial score (nSPS) is 16.0. The highest BCUT2D eigenvalue weighted by Crippen LogP contribution is 2.33. The van der Waals surface area contributed by atoms with Gasteiger partial charge < -0.3 is 16.0 Å². The molecule has 1 aromatic carbocycles. The Labute approximate surface area is 214 Å². The number of piperidine rings is 1. The van der Waals surface area contributed by atoms with Gasteiger partial charge in [0.25, 0.3) is 5.91 Å². The number of hydrogen-bond acceptors (Lipinski definition) is 7. The second-order valence-electron chi connectivity index (χ2n) is 8.99. The van der Waals surface area contributed by atoms with Crippen LogP contribution < -0.4 is 11.1 Å². The number of fused-ring (bicyclic) bond motifs is 1. The number of amides is 2. The minimum atomic E-state index is -4.55. The van der Waals surface area contributed by atoms with Crippen molar-refractivity contribution in [1.29, 1.82) is 0 Å². The fraction of sp³-hybridized carbons (Fsp3) is 0.280. The lowest BCUT2D eigenvalue weighted by Gasteiger charge is -2.31. The number of alkyl halides is 3. The van der Waals surface area contributed by atoms with Crippen LogP contribution in [0.4, 0.5) is 24.8 Å². The van der Waals surface area contributed by atoms with Gasteiger partial charge in [-0.15, -0.1) is 0 Å². The van der Waals surface area contributed by atoms with Crippen LogP contribution in [0.5, 0.6) is 0 Å². The first-order chi connectivity index (χ1) is 18.1. The van der Waals surface area contributed by atoms with Crippen LogP contribution in [0.1, 0.15) is 47.3 Å². The number of carbonyl (C=O) groups is 2. The van der Waals surface area contributed by atoms with Crippen molar-refractivity contribution < 1.29 is 22.8 Å². The molecule has 3 aromatic heterocycles. The molecule has 0 bridgehead atoms. The van der Waals surface area contributed by atoms with Gasteiger partial charge in [-0.2, -0.15) is 18.3 Å². The van der Waals surface area contributed by atoms with Gasteiger partial charge in [0.1, 0.15) is 23.2 Å². The first-order valence-corrected chi connectivity index (χ1v) is 11.8. The first-order valence-electron chi connectivity index (χ1n) is 11.8. The largest absolute Gasteiger partial charge is 0.416 e. The number of nitrogen functional groups attached to an aromatic ring is 1. The van der Waals surface area contributed by atoms with Gasteiger partial charge in [0.05, 0.1) is 16.9 Å². The molecule has 10 nitrogen and oxygen atoms in total. The molecular formula is C25H23F3N8O2. The van der Waals surface area contributed by atoms with Gasteiger partial charge in [0.15, 0.2) is 5.82 Å². The van der Waals surface area contributed by atoms with E-state index in [1.807, 2.05) is 0 Å². The molecule has 5 rings (SSSR count). The van der Waals surface area contributed by atoms with E-state index in [0.29, 0.717) is 35.5 Å². The van der Waals surface area contributed by atoms with Crippen molar-refractivity contribution in [3.05, 3.63) is 65.7 Å². The highest BCUT2D eigenvalue weighted by Gasteiger charge is 2.31. The lowest BCUT2D eigenvalue weighted by molar-refractivity contribution is -0.137. The fourth-order valence-corrected chi connectivity index (χ4v) is 4.56. The Morgan fingerprint density at radius 1 is 1.11 bits per heavy atom. The number of benzene rings is 1. The third-order valence-corrected chi connectivity index (χ3v) is 6.47. The maximum Gasteiger partial charge on any atom is 0.416 e. The van der Waals surface area contributed by atoms with E-state index in [2.05, 4.69) is 20.3 Å². The number of nitrogens with two attached hydrogens (primary N) is 1. The quantitative estimate of drug-likeness (QED) is 0.415. The van der Waals surface area contributed by atoms with E-state index in [-0.39, 0.29) is 29.0 Å². The highest BCUT2D eigenvalue weighted by molar-refractivity contribution is 6.04. The Balaban J connectivity index is 1.43. The molecule has 1 saturated heterocycles. The summed E-state index contributed by atoms with van der Waals surface area (Å²) in [7, 11) is 0. The van der Waals surface area contributed by atoms with Gasteiger partial charge in [-0.05, 0) is 49.2 Å². The molecule has 196 valence electrons. The predicted octanol–water partition coefficient (Wildman–Crippen LogP) is 3.79. The zero-order valence-electron chi connectivity index (χ0n) is 20.2. The van der Waals surface area contributed by atoms with Gasteiger partial charge in [0.2, 0.25) is 5.91 Å². The fourth-order valence-electron chi connectivity index (χ4n) is 4.56. The minimum absolute atomic E-state index is 0.00164. The van der Waals surface area contributed by atoms with Crippen molar-refractivity contribution in [3.63, 3.8) is 0 Å². The van der Waals surface area contributed by atoms with E-state index in [9.17, 15) is 22.8 Å². The summed E-state index contributed by atoms with van der Waals surface area (Å²) in [6, 6.07) is 7.91. The number of carbonyl (C=O) groups excluding carboxylic acids is 2. The number of nitrogens with zero attached hydrogens (tertiary/aromatic N) is 6. The van der Waals surface area contributed by atoms with Crippen LogP contribution in [-0.4, -0.2) is 54.5 Å². The van der Waals surface area contributed by atoms with Crippen LogP contribution in [0, 0.1) is 0 Å². The Hall–Kier alpha value is -4.55. The van der Waals surface area contributed by atoms with Crippen molar-refractivity contribution in [2.24, 2.45) is 0 Å². The second-order valence-corrected chi connectivity index (χ2v) is 8.99. The molecule has 0 saturated carbocycles. The van der Waals surface area contributed by atoms with E-state index in [4.69, 9.17) is 10.8 Å². The molecule has 0 spiro atoms. The lowest BCUT2D eigenvalue weighted by Crippen LogP contribution is -2.37. The molecule has 3 N–H and O–H groups in total. The average molecular weight is 525 g/mol. The van der Waals surface area contributed by atoms with Gasteiger partial charge >= 0.3 is 6.18 Å². The summed E-state index contributed by atoms with van der Waals surface area (Å²) in [5, 5.41) is 7.18. The van der Waals surface area contributed by atoms with Gasteiger partial charge in [-0.3, -0.25) is 9.59 Å². The zero-order chi connectivity index (χ0) is 27.0. The molecule has 1 atom stereocenters. The Morgan fingerprint density at radius 3 is 2.58 bits per heavy atom. The van der Waals surface area contributed by atoms with Crippen molar-refractivity contribution in [2.45, 2.75) is 31.9 Å². The summed E-state index contributed by atoms with van der Waals surface area (Å²) in [6.45, 7) is 2.76. The van der Waals surface area contributed by atoms with Gasteiger partial charge in [0, 0.05) is 37.7 Å². The SMILES string of the molecule is CC(=O)N1CCCC(c2nn(-c3ccc(C(=O)Nc4cc(C(F)(F)F)ccn4)cc3)c3c(N)ncnc23)C1. The summed E-state index contributed by atoms with van der Waals surface area (Å²) in [6.07, 6.45) is -0.528. The van der Waals surface area contributed by atoms with Crippen LogP contribution in [0.15, 0.2) is 48.9 Å². The molecule has 1 unspecified atom stereocenters. The molecule has 1 aliphatic heterocycles. The monoisotopic (exact) mass is 524 g/mol. The minimum Gasteiger partial charge on any atom is -0.382 e. The topological polar surface area (TPSA) is 132 Å². The van der Waals surface area contributed by atoms with Crippen molar-refractivity contribution in [1.82, 2.24) is 29.6 Å². The number of halogens is 3. The number of rotatable bonds is 4. The van der Waals surface area contributed by atoms with E-state index in [0.717, 1.165) is 31.2 Å². The number of aromatic nitrogens is 5. The molecule has 2 amide bonds. The zero-order valence-corrected chi connectivity index (χ0v) is 20.2. The van der Waals surface area contributed by atoms with Crippen molar-refractivity contribution in [3.8, 4) is 5.69 Å². The summed E-state index contributed by atoms with van der Waals surface area (Å²) < 4.78 is 40.5. The van der Waals surface area contributed by atoms with Crippen LogP contribution in [0.2, 0.25) is 0 Å². The number of anilines is 2. The first kappa shape index (κ1) is 25.1. The van der Waals surface area contributed by atoms with Crippen LogP contribution >= 0.6 is 0 Å². The molecule has 13 heteroatoms. The maximum atomic E-state index is 13.0. The van der Waals surface area contributed by atoms with Crippen LogP contribution in [-0.2, 0) is 11.0 Å². The van der Waals surface area contributed by atoms with Crippen LogP contribution in [0.3, 0.4) is 0 Å². The molecule has 38 heavy (non-hydrogen) atoms. The summed E-state index contributed by atoms with van der Waals surface area (Å²) in [5.41, 5.74) is 7.87. The Kier molecular flexibility index (Phi) is 6.43. The maximum absolute atomic E-state index is 13.0. The number of nitrogens with one attached hydrogen (secondary N) is 1. The van der Waals surface area contributed by atoms with Gasteiger partial charge in [-0.1, -0.05) is 0 Å². The number of likely N-dealkylation sites (tertiary alicyclic amines) is 1. The summed E-state index contributed by atoms with van der Waals surface area (Å²) in [5.74, 6) is -0.639. The molecular weight excluding hydrogens is 501 g/mol. The molecule has 4 aromatic rings. The summed E-state index contributed by atoms with van der Waals surface area (Å²) >= 11 is 0. The Morgan fingerprint density at radius 2 is 1.87 bits per heavy atom. The number of pyridine rings is 1. The van der Waals surface area contributed by atoms with E-state index < -0.39 is 17.6 Å². The van der Waals surface area contributed by atoms with Gasteiger partial charge in [-0.25, -0.2) is 19.6 Å². The molecule has 0 radical (unpaired) electrons. The average Bonchev–Trinajstić information content (AvgIpc) is 3.29. The molecule has 0 aliphatic carbocycles. The standard InChI is InChI=1S/C25H23F3N8O2/c1-14(37)35-10-2-3-16(12-35)20-21-22(23(29)32-13-31-21)36(34-20)18-6-4-15(5-7-18)24(38)33-19-11-17(8-9-30-19)25(26,27)28/h4-9,11,13,16H,2-3,10,12H2,1H3,(H2,29,31,32)(H,30,33,38). The summed E-state index contributed by atoms with van der Waals surface area (Å²) in [4.78, 5) is 38.7. The van der Waals surface area contributed by atoms with Crippen LogP contribution in [0.25, 0.3) is 16.7 Å². The van der Waals surface area contributed by atoms with E-state index in [1.54, 1.807) is 28.6 Å². The predicted molar refractivity (Wildman–Crippen MR) is 132 cm³/mol. The third-order valence-electron chi connectivity index (χ3n) is 6.47. The third kappa shape index (κ3) is 4.86. The van der Waals surface area contributed by atoms with Crippen molar-refractivity contribution in [2.75, 3.05) is 24.1 Å². The molecule has 4 heterocycles. The highest BCUT2D eigenvalue weighted by atomic mass is 19.4. The number of hydrogen-bond donors (Lipinski definition) is 2. The molecule has 1 aliphatic rings. The molecule has 1 fully saturated rings. The smallest absolute Gasteiger partial charge is 0.382 e. The van der Waals surface area contributed by atoms with E-state index >= 15 is 0 Å². The lowest BCUT2D eigenvalue weighted by atomic mass is 9.94. The van der Waals surface area contributed by atoms with Crippen molar-refractivity contribution >= 4 is 34.5 Å².